The molecule has 104 valence electrons. The number of rotatable bonds is 2. The van der Waals surface area contributed by atoms with Gasteiger partial charge >= 0.3 is 0 Å². The number of aromatic nitrogens is 1. The third-order valence-corrected chi connectivity index (χ3v) is 4.07. The fraction of sp³-hybridized carbons (Fsp3) is 0.636. The summed E-state index contributed by atoms with van der Waals surface area (Å²) in [5, 5.41) is 0.954. The summed E-state index contributed by atoms with van der Waals surface area (Å²) >= 11 is 1.48. The molecule has 0 radical (unpaired) electrons. The Morgan fingerprint density at radius 3 is 2.61 bits per heavy atom. The molecule has 7 heteroatoms. The van der Waals surface area contributed by atoms with Crippen molar-refractivity contribution in [2.45, 2.75) is 20.3 Å². The highest BCUT2D eigenvalue weighted by atomic mass is 35.5. The van der Waals surface area contributed by atoms with E-state index in [1.807, 2.05) is 18.7 Å². The quantitative estimate of drug-likeness (QED) is 0.909. The van der Waals surface area contributed by atoms with Crippen LogP contribution in [0.15, 0.2) is 0 Å². The van der Waals surface area contributed by atoms with Crippen molar-refractivity contribution in [3.05, 3.63) is 15.6 Å². The number of carbonyl (C=O) groups excluding carboxylic acids is 1. The van der Waals surface area contributed by atoms with E-state index in [1.165, 1.54) is 11.3 Å². The van der Waals surface area contributed by atoms with Gasteiger partial charge < -0.3 is 10.6 Å². The van der Waals surface area contributed by atoms with Crippen LogP contribution in [-0.4, -0.2) is 35.4 Å². The highest BCUT2D eigenvalue weighted by Crippen LogP contribution is 2.23. The van der Waals surface area contributed by atoms with Crippen molar-refractivity contribution >= 4 is 42.1 Å². The normalized spacial score (nSPS) is 18.2. The zero-order chi connectivity index (χ0) is 11.7. The summed E-state index contributed by atoms with van der Waals surface area (Å²) in [6.45, 7) is 6.13. The van der Waals surface area contributed by atoms with Crippen molar-refractivity contribution in [1.29, 1.82) is 0 Å². The Kier molecular flexibility index (Phi) is 7.14. The Hall–Kier alpha value is -0.360. The lowest BCUT2D eigenvalue weighted by Crippen LogP contribution is -2.29. The van der Waals surface area contributed by atoms with E-state index in [0.29, 0.717) is 12.5 Å². The molecule has 1 aliphatic rings. The van der Waals surface area contributed by atoms with Gasteiger partial charge in [-0.3, -0.25) is 4.79 Å². The molecule has 0 aromatic carbocycles. The van der Waals surface area contributed by atoms with Gasteiger partial charge in [0.2, 0.25) is 0 Å². The van der Waals surface area contributed by atoms with Crippen LogP contribution in [0.25, 0.3) is 0 Å². The van der Waals surface area contributed by atoms with Crippen LogP contribution in [0.2, 0.25) is 0 Å². The van der Waals surface area contributed by atoms with Crippen LogP contribution < -0.4 is 5.73 Å². The number of hydrogen-bond donors (Lipinski definition) is 1. The minimum Gasteiger partial charge on any atom is -0.338 e. The fourth-order valence-electron chi connectivity index (χ4n) is 2.08. The van der Waals surface area contributed by atoms with E-state index < -0.39 is 0 Å². The van der Waals surface area contributed by atoms with E-state index in [2.05, 4.69) is 4.98 Å². The molecular weight excluding hydrogens is 293 g/mol. The monoisotopic (exact) mass is 311 g/mol. The first-order valence-electron chi connectivity index (χ1n) is 5.55. The van der Waals surface area contributed by atoms with Crippen molar-refractivity contribution in [3.8, 4) is 0 Å². The number of aryl methyl sites for hydroxylation is 2. The van der Waals surface area contributed by atoms with Gasteiger partial charge in [0, 0.05) is 13.1 Å². The highest BCUT2D eigenvalue weighted by molar-refractivity contribution is 7.13. The minimum absolute atomic E-state index is 0. The molecule has 1 aromatic heterocycles. The number of nitrogens with zero attached hydrogens (tertiary/aromatic N) is 2. The summed E-state index contributed by atoms with van der Waals surface area (Å²) in [6.07, 6.45) is 1.03. The summed E-state index contributed by atoms with van der Waals surface area (Å²) in [7, 11) is 0. The second-order valence-electron chi connectivity index (χ2n) is 4.29. The first-order chi connectivity index (χ1) is 7.61. The van der Waals surface area contributed by atoms with Gasteiger partial charge in [0.05, 0.1) is 10.7 Å². The number of carbonyl (C=O) groups is 1. The summed E-state index contributed by atoms with van der Waals surface area (Å²) in [5.41, 5.74) is 6.47. The van der Waals surface area contributed by atoms with Gasteiger partial charge in [0.25, 0.3) is 5.91 Å². The largest absolute Gasteiger partial charge is 0.338 e. The molecule has 18 heavy (non-hydrogen) atoms. The maximum absolute atomic E-state index is 12.2. The van der Waals surface area contributed by atoms with Crippen LogP contribution in [0.4, 0.5) is 0 Å². The van der Waals surface area contributed by atoms with Gasteiger partial charge in [0.1, 0.15) is 4.88 Å². The first-order valence-corrected chi connectivity index (χ1v) is 6.37. The summed E-state index contributed by atoms with van der Waals surface area (Å²) < 4.78 is 0. The van der Waals surface area contributed by atoms with Crippen molar-refractivity contribution in [3.63, 3.8) is 0 Å². The Balaban J connectivity index is 0.00000144. The molecule has 1 saturated heterocycles. The molecule has 1 amide bonds. The molecule has 1 atom stereocenters. The third-order valence-electron chi connectivity index (χ3n) is 3.00. The van der Waals surface area contributed by atoms with E-state index in [4.69, 9.17) is 5.73 Å². The maximum Gasteiger partial charge on any atom is 0.265 e. The highest BCUT2D eigenvalue weighted by Gasteiger charge is 2.28. The van der Waals surface area contributed by atoms with E-state index in [-0.39, 0.29) is 30.7 Å². The standard InChI is InChI=1S/C11H17N3OS.2ClH/c1-7-10(16-8(2)13-7)11(15)14-4-3-9(5-12)6-14;;/h9H,3-6,12H2,1-2H3;2*1H. The molecule has 4 nitrogen and oxygen atoms in total. The van der Waals surface area contributed by atoms with Gasteiger partial charge in [-0.15, -0.1) is 36.2 Å². The summed E-state index contributed by atoms with van der Waals surface area (Å²) in [5.74, 6) is 0.595. The molecule has 2 heterocycles. The van der Waals surface area contributed by atoms with E-state index >= 15 is 0 Å². The molecule has 0 saturated carbocycles. The lowest BCUT2D eigenvalue weighted by Gasteiger charge is -2.15. The van der Waals surface area contributed by atoms with Gasteiger partial charge in [-0.05, 0) is 32.7 Å². The Labute approximate surface area is 124 Å². The van der Waals surface area contributed by atoms with Gasteiger partial charge in [0.15, 0.2) is 0 Å². The predicted molar refractivity (Wildman–Crippen MR) is 79.1 cm³/mol. The maximum atomic E-state index is 12.2. The molecule has 1 aromatic rings. The molecule has 1 aliphatic heterocycles. The Morgan fingerprint density at radius 2 is 2.17 bits per heavy atom. The number of hydrogen-bond acceptors (Lipinski definition) is 4. The average molecular weight is 312 g/mol. The topological polar surface area (TPSA) is 59.2 Å². The second kappa shape index (κ2) is 7.28. The van der Waals surface area contributed by atoms with Gasteiger partial charge in [-0.2, -0.15) is 0 Å². The zero-order valence-electron chi connectivity index (χ0n) is 10.5. The fourth-order valence-corrected chi connectivity index (χ4v) is 2.97. The molecule has 1 unspecified atom stereocenters. The number of likely N-dealkylation sites (tertiary alicyclic amines) is 1. The number of amides is 1. The molecule has 0 bridgehead atoms. The molecular formula is C11H19Cl2N3OS. The van der Waals surface area contributed by atoms with Crippen LogP contribution in [0.1, 0.15) is 26.8 Å². The number of nitrogens with two attached hydrogens (primary N) is 1. The molecule has 1 fully saturated rings. The lowest BCUT2D eigenvalue weighted by atomic mass is 10.1. The van der Waals surface area contributed by atoms with Crippen LogP contribution in [0.3, 0.4) is 0 Å². The minimum atomic E-state index is 0. The molecule has 2 N–H and O–H groups in total. The second-order valence-corrected chi connectivity index (χ2v) is 5.49. The average Bonchev–Trinajstić information content (AvgIpc) is 2.84. The predicted octanol–water partition coefficient (Wildman–Crippen LogP) is 2.02. The van der Waals surface area contributed by atoms with E-state index in [0.717, 1.165) is 35.1 Å². The number of halogens is 2. The molecule has 0 spiro atoms. The van der Waals surface area contributed by atoms with E-state index in [1.54, 1.807) is 0 Å². The smallest absolute Gasteiger partial charge is 0.265 e. The SMILES string of the molecule is Cc1nc(C)c(C(=O)N2CCC(CN)C2)s1.Cl.Cl. The van der Waals surface area contributed by atoms with Gasteiger partial charge in [-0.25, -0.2) is 4.98 Å². The van der Waals surface area contributed by atoms with Gasteiger partial charge in [-0.1, -0.05) is 0 Å². The zero-order valence-corrected chi connectivity index (χ0v) is 13.0. The first kappa shape index (κ1) is 17.6. The van der Waals surface area contributed by atoms with Crippen molar-refractivity contribution < 1.29 is 4.79 Å². The van der Waals surface area contributed by atoms with Crippen LogP contribution in [0, 0.1) is 19.8 Å². The third kappa shape index (κ3) is 3.57. The van der Waals surface area contributed by atoms with Crippen LogP contribution in [-0.2, 0) is 0 Å². The Morgan fingerprint density at radius 1 is 1.50 bits per heavy atom. The summed E-state index contributed by atoms with van der Waals surface area (Å²) in [6, 6.07) is 0. The van der Waals surface area contributed by atoms with Crippen molar-refractivity contribution in [2.24, 2.45) is 11.7 Å². The number of thiazole rings is 1. The van der Waals surface area contributed by atoms with Crippen LogP contribution >= 0.6 is 36.2 Å². The molecule has 0 aliphatic carbocycles. The van der Waals surface area contributed by atoms with E-state index in [9.17, 15) is 4.79 Å². The molecule has 2 rings (SSSR count). The van der Waals surface area contributed by atoms with Crippen LogP contribution in [0.5, 0.6) is 0 Å². The van der Waals surface area contributed by atoms with Crippen molar-refractivity contribution in [1.82, 2.24) is 9.88 Å². The van der Waals surface area contributed by atoms with Crippen molar-refractivity contribution in [2.75, 3.05) is 19.6 Å². The lowest BCUT2D eigenvalue weighted by molar-refractivity contribution is 0.0791. The summed E-state index contributed by atoms with van der Waals surface area (Å²) in [4.78, 5) is 19.2. The Bertz CT molecular complexity index is 411.